The molecule has 1 aromatic rings. The van der Waals surface area contributed by atoms with Gasteiger partial charge in [0.15, 0.2) is 0 Å². The van der Waals surface area contributed by atoms with E-state index in [9.17, 15) is 14.4 Å². The van der Waals surface area contributed by atoms with E-state index in [0.29, 0.717) is 13.0 Å². The number of benzene rings is 1. The Morgan fingerprint density at radius 1 is 0.881 bits per heavy atom. The number of ether oxygens (including phenoxy) is 2. The molecule has 0 aliphatic rings. The van der Waals surface area contributed by atoms with Crippen LogP contribution in [0.2, 0.25) is 0 Å². The predicted octanol–water partition coefficient (Wildman–Crippen LogP) is 5.34. The number of methoxy groups -OCH3 is 2. The van der Waals surface area contributed by atoms with Crippen LogP contribution in [0.4, 0.5) is 0 Å². The molecular weight excluding hydrogens is 530 g/mol. The molecule has 0 aliphatic heterocycles. The maximum absolute atomic E-state index is 13.9. The minimum atomic E-state index is -0.494. The van der Waals surface area contributed by atoms with Crippen molar-refractivity contribution in [1.82, 2.24) is 15.1 Å². The molecule has 0 unspecified atom stereocenters. The first-order chi connectivity index (χ1) is 19.8. The Hall–Kier alpha value is -2.45. The maximum Gasteiger partial charge on any atom is 0.225 e. The van der Waals surface area contributed by atoms with Crippen molar-refractivity contribution in [1.29, 1.82) is 0 Å². The molecule has 8 nitrogen and oxygen atoms in total. The van der Waals surface area contributed by atoms with E-state index in [-0.39, 0.29) is 54.1 Å². The molecule has 0 heterocycles. The number of hydrogen-bond acceptors (Lipinski definition) is 5. The van der Waals surface area contributed by atoms with Crippen molar-refractivity contribution < 1.29 is 23.9 Å². The van der Waals surface area contributed by atoms with Gasteiger partial charge in [0.2, 0.25) is 17.7 Å². The van der Waals surface area contributed by atoms with Gasteiger partial charge < -0.3 is 24.6 Å². The van der Waals surface area contributed by atoms with Gasteiger partial charge in [-0.25, -0.2) is 0 Å². The third-order valence-electron chi connectivity index (χ3n) is 8.41. The van der Waals surface area contributed by atoms with E-state index in [0.717, 1.165) is 24.8 Å². The Morgan fingerprint density at radius 3 is 2.00 bits per heavy atom. The second-order valence-electron chi connectivity index (χ2n) is 12.4. The van der Waals surface area contributed by atoms with Gasteiger partial charge in [-0.15, -0.1) is 0 Å². The van der Waals surface area contributed by atoms with Crippen LogP contribution >= 0.6 is 0 Å². The summed E-state index contributed by atoms with van der Waals surface area (Å²) in [4.78, 5) is 43.8. The first-order valence-electron chi connectivity index (χ1n) is 15.8. The smallest absolute Gasteiger partial charge is 0.225 e. The van der Waals surface area contributed by atoms with Gasteiger partial charge in [0.25, 0.3) is 0 Å². The Balaban J connectivity index is 3.09. The SMILES string of the molecule is CCCN(C(=O)C[C@@H](OC)[C@H]([C@@H](C)CC)N(C)C(=O)CC(C)C)[C@@H](C)[C@H](OC)[C@@H](C)C(=O)N[C@H](C)Cc1ccccc1. The standard InChI is InChI=1S/C34H59N3O5/c1-12-19-37(31(39)22-29(41-10)32(24(5)13-2)36(9)30(38)20-23(3)4)27(8)33(42-11)26(7)34(40)35-25(6)21-28-17-15-14-16-18-28/h14-18,23-27,29,32-33H,12-13,19-22H2,1-11H3,(H,35,40)/t24-,25+,26+,27-,29+,32-,33+/m0/s1. The summed E-state index contributed by atoms with van der Waals surface area (Å²) in [6.07, 6.45) is 1.99. The molecule has 7 atom stereocenters. The number of amides is 3. The number of nitrogens with zero attached hydrogens (tertiary/aromatic N) is 2. The molecule has 0 saturated heterocycles. The lowest BCUT2D eigenvalue weighted by molar-refractivity contribution is -0.147. The van der Waals surface area contributed by atoms with Gasteiger partial charge in [-0.2, -0.15) is 0 Å². The van der Waals surface area contributed by atoms with Crippen LogP contribution in [0.3, 0.4) is 0 Å². The molecule has 1 N–H and O–H groups in total. The minimum absolute atomic E-state index is 0.0427. The second kappa shape index (κ2) is 19.0. The van der Waals surface area contributed by atoms with E-state index in [1.54, 1.807) is 19.1 Å². The van der Waals surface area contributed by atoms with Crippen LogP contribution in [0.15, 0.2) is 30.3 Å². The zero-order valence-corrected chi connectivity index (χ0v) is 28.2. The summed E-state index contributed by atoms with van der Waals surface area (Å²) in [5.74, 6) is -0.188. The normalized spacial score (nSPS) is 16.6. The van der Waals surface area contributed by atoms with Gasteiger partial charge in [0, 0.05) is 40.3 Å². The first kappa shape index (κ1) is 37.6. The zero-order valence-electron chi connectivity index (χ0n) is 28.2. The number of rotatable bonds is 19. The van der Waals surface area contributed by atoms with Gasteiger partial charge in [0.1, 0.15) is 0 Å². The van der Waals surface area contributed by atoms with Crippen LogP contribution in [0.5, 0.6) is 0 Å². The van der Waals surface area contributed by atoms with Crippen molar-refractivity contribution in [2.75, 3.05) is 27.8 Å². The lowest BCUT2D eigenvalue weighted by Crippen LogP contribution is -2.54. The molecule has 0 saturated carbocycles. The van der Waals surface area contributed by atoms with Crippen molar-refractivity contribution in [3.05, 3.63) is 35.9 Å². The van der Waals surface area contributed by atoms with Crippen molar-refractivity contribution in [3.63, 3.8) is 0 Å². The molecule has 0 radical (unpaired) electrons. The van der Waals surface area contributed by atoms with E-state index in [1.165, 1.54) is 0 Å². The van der Waals surface area contributed by atoms with Gasteiger partial charge in [-0.1, -0.05) is 78.3 Å². The minimum Gasteiger partial charge on any atom is -0.379 e. The highest BCUT2D eigenvalue weighted by molar-refractivity contribution is 5.80. The summed E-state index contributed by atoms with van der Waals surface area (Å²) in [6.45, 7) is 16.6. The fraction of sp³-hybridized carbons (Fsp3) is 0.735. The Morgan fingerprint density at radius 2 is 1.50 bits per heavy atom. The van der Waals surface area contributed by atoms with E-state index in [1.807, 2.05) is 71.7 Å². The molecule has 8 heteroatoms. The monoisotopic (exact) mass is 589 g/mol. The molecule has 0 fully saturated rings. The summed E-state index contributed by atoms with van der Waals surface area (Å²) in [7, 11) is 5.03. The highest BCUT2D eigenvalue weighted by Gasteiger charge is 2.38. The molecule has 0 aromatic heterocycles. The number of carbonyl (C=O) groups excluding carboxylic acids is 3. The molecule has 42 heavy (non-hydrogen) atoms. The van der Waals surface area contributed by atoms with Crippen LogP contribution in [0, 0.1) is 17.8 Å². The summed E-state index contributed by atoms with van der Waals surface area (Å²) < 4.78 is 11.8. The van der Waals surface area contributed by atoms with Gasteiger partial charge in [-0.05, 0) is 44.1 Å². The fourth-order valence-corrected chi connectivity index (χ4v) is 5.87. The molecule has 1 aromatic carbocycles. The fourth-order valence-electron chi connectivity index (χ4n) is 5.87. The Kier molecular flexibility index (Phi) is 17.0. The molecule has 0 bridgehead atoms. The lowest BCUT2D eigenvalue weighted by atomic mass is 9.90. The highest BCUT2D eigenvalue weighted by Crippen LogP contribution is 2.25. The van der Waals surface area contributed by atoms with E-state index < -0.39 is 18.1 Å². The van der Waals surface area contributed by atoms with Crippen LogP contribution in [0.1, 0.15) is 86.6 Å². The van der Waals surface area contributed by atoms with Crippen LogP contribution < -0.4 is 5.32 Å². The van der Waals surface area contributed by atoms with Gasteiger partial charge in [-0.3, -0.25) is 14.4 Å². The van der Waals surface area contributed by atoms with Crippen LogP contribution in [0.25, 0.3) is 0 Å². The quantitative estimate of drug-likeness (QED) is 0.236. The van der Waals surface area contributed by atoms with Crippen molar-refractivity contribution in [2.24, 2.45) is 17.8 Å². The Labute approximate surface area is 255 Å². The first-order valence-corrected chi connectivity index (χ1v) is 15.8. The number of carbonyl (C=O) groups is 3. The van der Waals surface area contributed by atoms with E-state index in [2.05, 4.69) is 31.3 Å². The lowest BCUT2D eigenvalue weighted by Gasteiger charge is -2.40. The third-order valence-corrected chi connectivity index (χ3v) is 8.41. The van der Waals surface area contributed by atoms with Gasteiger partial charge >= 0.3 is 0 Å². The number of nitrogens with one attached hydrogen (secondary N) is 1. The maximum atomic E-state index is 13.9. The van der Waals surface area contributed by atoms with E-state index in [4.69, 9.17) is 9.47 Å². The third kappa shape index (κ3) is 11.3. The molecule has 3 amide bonds. The highest BCUT2D eigenvalue weighted by atomic mass is 16.5. The Bertz CT molecular complexity index is 940. The number of likely N-dealkylation sites (N-methyl/N-ethyl adjacent to an activating group) is 1. The van der Waals surface area contributed by atoms with Crippen LogP contribution in [-0.2, 0) is 30.3 Å². The number of hydrogen-bond donors (Lipinski definition) is 1. The van der Waals surface area contributed by atoms with Crippen LogP contribution in [-0.4, -0.2) is 85.7 Å². The molecule has 0 aliphatic carbocycles. The zero-order chi connectivity index (χ0) is 32.0. The summed E-state index contributed by atoms with van der Waals surface area (Å²) in [5, 5.41) is 3.13. The van der Waals surface area contributed by atoms with Crippen molar-refractivity contribution in [3.8, 4) is 0 Å². The topological polar surface area (TPSA) is 88.2 Å². The summed E-state index contributed by atoms with van der Waals surface area (Å²) in [6, 6.07) is 9.46. The molecule has 0 spiro atoms. The summed E-state index contributed by atoms with van der Waals surface area (Å²) >= 11 is 0. The van der Waals surface area contributed by atoms with E-state index >= 15 is 0 Å². The largest absolute Gasteiger partial charge is 0.379 e. The average Bonchev–Trinajstić information content (AvgIpc) is 2.95. The van der Waals surface area contributed by atoms with Gasteiger partial charge in [0.05, 0.1) is 36.6 Å². The molecule has 240 valence electrons. The molecular formula is C34H59N3O5. The molecule has 1 rings (SSSR count). The second-order valence-corrected chi connectivity index (χ2v) is 12.4. The van der Waals surface area contributed by atoms with Crippen molar-refractivity contribution >= 4 is 17.7 Å². The predicted molar refractivity (Wildman–Crippen MR) is 170 cm³/mol. The average molecular weight is 590 g/mol. The van der Waals surface area contributed by atoms with Crippen molar-refractivity contribution in [2.45, 2.75) is 118 Å². The summed E-state index contributed by atoms with van der Waals surface area (Å²) in [5.41, 5.74) is 1.16.